The molecule has 1 heterocycles. The molecule has 1 aromatic carbocycles. The summed E-state index contributed by atoms with van der Waals surface area (Å²) in [6.07, 6.45) is 0.581. The van der Waals surface area contributed by atoms with Gasteiger partial charge in [0.1, 0.15) is 5.82 Å². The van der Waals surface area contributed by atoms with E-state index in [0.717, 1.165) is 0 Å². The van der Waals surface area contributed by atoms with Crippen molar-refractivity contribution in [1.82, 2.24) is 4.90 Å². The van der Waals surface area contributed by atoms with Crippen molar-refractivity contribution in [3.63, 3.8) is 0 Å². The zero-order valence-electron chi connectivity index (χ0n) is 10.6. The molecule has 2 unspecified atom stereocenters. The van der Waals surface area contributed by atoms with Gasteiger partial charge < -0.3 is 15.1 Å². The predicted molar refractivity (Wildman–Crippen MR) is 67.7 cm³/mol. The minimum Gasteiger partial charge on any atom is -0.396 e. The van der Waals surface area contributed by atoms with Gasteiger partial charge in [0.15, 0.2) is 0 Å². The van der Waals surface area contributed by atoms with Crippen molar-refractivity contribution in [2.45, 2.75) is 18.9 Å². The van der Waals surface area contributed by atoms with Crippen molar-refractivity contribution >= 4 is 5.91 Å². The molecule has 5 heteroatoms. The highest BCUT2D eigenvalue weighted by atomic mass is 19.1. The zero-order chi connectivity index (χ0) is 13.8. The van der Waals surface area contributed by atoms with Gasteiger partial charge in [-0.05, 0) is 12.5 Å². The van der Waals surface area contributed by atoms with Gasteiger partial charge in [-0.2, -0.15) is 0 Å². The van der Waals surface area contributed by atoms with Crippen LogP contribution in [0.3, 0.4) is 0 Å². The van der Waals surface area contributed by atoms with E-state index in [-0.39, 0.29) is 37.3 Å². The first-order valence-corrected chi connectivity index (χ1v) is 6.43. The Labute approximate surface area is 111 Å². The SMILES string of the molecule is O=C1CC(CO)CN1C(CCO)c1ccccc1F. The number of aliphatic hydroxyl groups excluding tert-OH is 2. The molecule has 0 bridgehead atoms. The van der Waals surface area contributed by atoms with E-state index < -0.39 is 6.04 Å². The Hall–Kier alpha value is -1.46. The number of carbonyl (C=O) groups excluding carboxylic acids is 1. The second-order valence-electron chi connectivity index (χ2n) is 4.85. The molecule has 1 aliphatic heterocycles. The van der Waals surface area contributed by atoms with Gasteiger partial charge in [-0.3, -0.25) is 4.79 Å². The summed E-state index contributed by atoms with van der Waals surface area (Å²) in [5, 5.41) is 18.3. The maximum atomic E-state index is 13.9. The van der Waals surface area contributed by atoms with E-state index >= 15 is 0 Å². The highest BCUT2D eigenvalue weighted by molar-refractivity contribution is 5.79. The highest BCUT2D eigenvalue weighted by Crippen LogP contribution is 2.32. The molecule has 104 valence electrons. The highest BCUT2D eigenvalue weighted by Gasteiger charge is 2.35. The number of likely N-dealkylation sites (tertiary alicyclic amines) is 1. The van der Waals surface area contributed by atoms with E-state index in [1.165, 1.54) is 6.07 Å². The van der Waals surface area contributed by atoms with Crippen molar-refractivity contribution in [2.24, 2.45) is 5.92 Å². The van der Waals surface area contributed by atoms with Gasteiger partial charge in [0.05, 0.1) is 6.04 Å². The third-order valence-corrected chi connectivity index (χ3v) is 3.54. The number of benzene rings is 1. The van der Waals surface area contributed by atoms with Crippen LogP contribution in [0.2, 0.25) is 0 Å². The number of carbonyl (C=O) groups is 1. The molecule has 4 nitrogen and oxygen atoms in total. The summed E-state index contributed by atoms with van der Waals surface area (Å²) in [5.74, 6) is -0.567. The van der Waals surface area contributed by atoms with Gasteiger partial charge in [0, 0.05) is 37.7 Å². The lowest BCUT2D eigenvalue weighted by Crippen LogP contribution is -2.31. The number of hydrogen-bond donors (Lipinski definition) is 2. The molecule has 2 N–H and O–H groups in total. The van der Waals surface area contributed by atoms with Crippen molar-refractivity contribution in [3.05, 3.63) is 35.6 Å². The number of nitrogens with zero attached hydrogens (tertiary/aromatic N) is 1. The van der Waals surface area contributed by atoms with Crippen molar-refractivity contribution < 1.29 is 19.4 Å². The van der Waals surface area contributed by atoms with Gasteiger partial charge >= 0.3 is 0 Å². The minimum atomic E-state index is -0.463. The molecule has 0 radical (unpaired) electrons. The Bertz CT molecular complexity index is 452. The van der Waals surface area contributed by atoms with Crippen molar-refractivity contribution in [1.29, 1.82) is 0 Å². The fourth-order valence-corrected chi connectivity index (χ4v) is 2.58. The maximum absolute atomic E-state index is 13.9. The second kappa shape index (κ2) is 6.12. The smallest absolute Gasteiger partial charge is 0.223 e. The summed E-state index contributed by atoms with van der Waals surface area (Å²) in [6.45, 7) is 0.242. The Morgan fingerprint density at radius 1 is 1.37 bits per heavy atom. The number of hydrogen-bond acceptors (Lipinski definition) is 3. The molecule has 0 saturated carbocycles. The molecular formula is C14H18FNO3. The minimum absolute atomic E-state index is 0.0502. The van der Waals surface area contributed by atoms with E-state index in [9.17, 15) is 9.18 Å². The van der Waals surface area contributed by atoms with Gasteiger partial charge in [-0.1, -0.05) is 18.2 Å². The lowest BCUT2D eigenvalue weighted by molar-refractivity contribution is -0.130. The lowest BCUT2D eigenvalue weighted by Gasteiger charge is -2.28. The van der Waals surface area contributed by atoms with E-state index in [1.54, 1.807) is 23.1 Å². The van der Waals surface area contributed by atoms with Crippen LogP contribution in [0.1, 0.15) is 24.4 Å². The Balaban J connectivity index is 2.26. The maximum Gasteiger partial charge on any atom is 0.223 e. The van der Waals surface area contributed by atoms with Crippen LogP contribution in [0, 0.1) is 11.7 Å². The van der Waals surface area contributed by atoms with E-state index in [2.05, 4.69) is 0 Å². The standard InChI is InChI=1S/C14H18FNO3/c15-12-4-2-1-3-11(12)13(5-6-17)16-8-10(9-18)7-14(16)19/h1-4,10,13,17-18H,5-9H2. The molecule has 19 heavy (non-hydrogen) atoms. The van der Waals surface area contributed by atoms with E-state index in [4.69, 9.17) is 10.2 Å². The second-order valence-corrected chi connectivity index (χ2v) is 4.85. The normalized spacial score (nSPS) is 20.9. The van der Waals surface area contributed by atoms with E-state index in [0.29, 0.717) is 18.5 Å². The van der Waals surface area contributed by atoms with Gasteiger partial charge in [0.2, 0.25) is 5.91 Å². The Morgan fingerprint density at radius 3 is 2.68 bits per heavy atom. The van der Waals surface area contributed by atoms with Crippen LogP contribution >= 0.6 is 0 Å². The van der Waals surface area contributed by atoms with Crippen LogP contribution in [0.5, 0.6) is 0 Å². The number of halogens is 1. The quantitative estimate of drug-likeness (QED) is 0.839. The summed E-state index contributed by atoms with van der Waals surface area (Å²) >= 11 is 0. The summed E-state index contributed by atoms with van der Waals surface area (Å²) < 4.78 is 13.9. The molecule has 2 rings (SSSR count). The number of aliphatic hydroxyl groups is 2. The summed E-state index contributed by atoms with van der Waals surface area (Å²) in [7, 11) is 0. The average Bonchev–Trinajstić information content (AvgIpc) is 2.78. The first-order valence-electron chi connectivity index (χ1n) is 6.43. The molecule has 2 atom stereocenters. The van der Waals surface area contributed by atoms with Gasteiger partial charge in [-0.25, -0.2) is 4.39 Å². The van der Waals surface area contributed by atoms with Gasteiger partial charge in [-0.15, -0.1) is 0 Å². The molecule has 1 amide bonds. The van der Waals surface area contributed by atoms with Crippen LogP contribution in [0.25, 0.3) is 0 Å². The topological polar surface area (TPSA) is 60.8 Å². The summed E-state index contributed by atoms with van der Waals surface area (Å²) in [4.78, 5) is 13.5. The first kappa shape index (κ1) is 14.0. The van der Waals surface area contributed by atoms with Crippen molar-refractivity contribution in [3.8, 4) is 0 Å². The molecule has 0 aromatic heterocycles. The number of amides is 1. The van der Waals surface area contributed by atoms with Gasteiger partial charge in [0.25, 0.3) is 0 Å². The van der Waals surface area contributed by atoms with Crippen LogP contribution in [-0.2, 0) is 4.79 Å². The fraction of sp³-hybridized carbons (Fsp3) is 0.500. The van der Waals surface area contributed by atoms with Crippen LogP contribution in [-0.4, -0.2) is 40.8 Å². The summed E-state index contributed by atoms with van der Waals surface area (Å²) in [6, 6.07) is 5.83. The summed E-state index contributed by atoms with van der Waals surface area (Å²) in [5.41, 5.74) is 0.420. The molecule has 0 spiro atoms. The predicted octanol–water partition coefficient (Wildman–Crippen LogP) is 1.09. The molecule has 1 fully saturated rings. The Kier molecular flexibility index (Phi) is 4.50. The third kappa shape index (κ3) is 2.93. The molecule has 0 aliphatic carbocycles. The molecule has 1 aliphatic rings. The van der Waals surface area contributed by atoms with Crippen LogP contribution in [0.4, 0.5) is 4.39 Å². The molecule has 1 saturated heterocycles. The lowest BCUT2D eigenvalue weighted by atomic mass is 10.0. The average molecular weight is 267 g/mol. The monoisotopic (exact) mass is 267 g/mol. The van der Waals surface area contributed by atoms with Crippen LogP contribution < -0.4 is 0 Å². The first-order chi connectivity index (χ1) is 9.17. The Morgan fingerprint density at radius 2 is 2.11 bits per heavy atom. The largest absolute Gasteiger partial charge is 0.396 e. The van der Waals surface area contributed by atoms with Crippen LogP contribution in [0.15, 0.2) is 24.3 Å². The third-order valence-electron chi connectivity index (χ3n) is 3.54. The van der Waals surface area contributed by atoms with Crippen molar-refractivity contribution in [2.75, 3.05) is 19.8 Å². The molecule has 1 aromatic rings. The van der Waals surface area contributed by atoms with E-state index in [1.807, 2.05) is 0 Å². The molecular weight excluding hydrogens is 249 g/mol. The zero-order valence-corrected chi connectivity index (χ0v) is 10.6. The fourth-order valence-electron chi connectivity index (χ4n) is 2.58. The number of rotatable bonds is 5.